The maximum absolute atomic E-state index is 10.5. The summed E-state index contributed by atoms with van der Waals surface area (Å²) < 4.78 is 4.89. The first-order chi connectivity index (χ1) is 7.06. The van der Waals surface area contributed by atoms with Gasteiger partial charge in [-0.3, -0.25) is 0 Å². The van der Waals surface area contributed by atoms with E-state index in [1.165, 1.54) is 19.2 Å². The minimum absolute atomic E-state index is 0.257. The third-order valence-electron chi connectivity index (χ3n) is 1.93. The molecule has 15 heavy (non-hydrogen) atoms. The average molecular weight is 231 g/mol. The molecule has 0 heterocycles. The lowest BCUT2D eigenvalue weighted by Crippen LogP contribution is -2.10. The number of aliphatic carboxylic acids is 1. The standard InChI is InChI=1S/C10H11ClO4/c1-15-5-7-3-2-6(4-8(7)11)9(12)10(13)14/h2-4,9,12H,5H2,1H3,(H,13,14). The zero-order valence-corrected chi connectivity index (χ0v) is 8.86. The van der Waals surface area contributed by atoms with E-state index in [1.807, 2.05) is 0 Å². The zero-order chi connectivity index (χ0) is 11.4. The van der Waals surface area contributed by atoms with Gasteiger partial charge in [0.2, 0.25) is 0 Å². The summed E-state index contributed by atoms with van der Waals surface area (Å²) in [7, 11) is 1.54. The molecule has 0 fully saturated rings. The molecule has 0 amide bonds. The number of methoxy groups -OCH3 is 1. The van der Waals surface area contributed by atoms with Crippen molar-refractivity contribution < 1.29 is 19.7 Å². The Morgan fingerprint density at radius 2 is 2.27 bits per heavy atom. The maximum Gasteiger partial charge on any atom is 0.337 e. The quantitative estimate of drug-likeness (QED) is 0.825. The highest BCUT2D eigenvalue weighted by atomic mass is 35.5. The number of hydrogen-bond donors (Lipinski definition) is 2. The molecule has 1 aromatic carbocycles. The summed E-state index contributed by atoms with van der Waals surface area (Å²) in [4.78, 5) is 10.5. The number of halogens is 1. The van der Waals surface area contributed by atoms with Crippen LogP contribution in [-0.4, -0.2) is 23.3 Å². The summed E-state index contributed by atoms with van der Waals surface area (Å²) in [6, 6.07) is 4.57. The summed E-state index contributed by atoms with van der Waals surface area (Å²) in [5, 5.41) is 18.2. The van der Waals surface area contributed by atoms with Crippen molar-refractivity contribution in [2.75, 3.05) is 7.11 Å². The molecule has 4 nitrogen and oxygen atoms in total. The van der Waals surface area contributed by atoms with Crippen LogP contribution in [0.15, 0.2) is 18.2 Å². The SMILES string of the molecule is COCc1ccc(C(O)C(=O)O)cc1Cl. The van der Waals surface area contributed by atoms with Crippen LogP contribution in [0.4, 0.5) is 0 Å². The predicted octanol–water partition coefficient (Wildman–Crippen LogP) is 1.60. The Balaban J connectivity index is 2.95. The number of ether oxygens (including phenoxy) is 1. The summed E-state index contributed by atoms with van der Waals surface area (Å²) in [6.07, 6.45) is -1.54. The Morgan fingerprint density at radius 1 is 1.60 bits per heavy atom. The maximum atomic E-state index is 10.5. The number of hydrogen-bond acceptors (Lipinski definition) is 3. The smallest absolute Gasteiger partial charge is 0.337 e. The van der Waals surface area contributed by atoms with Crippen LogP contribution in [0.1, 0.15) is 17.2 Å². The van der Waals surface area contributed by atoms with Crippen LogP contribution in [0.2, 0.25) is 5.02 Å². The third kappa shape index (κ3) is 2.92. The summed E-state index contributed by atoms with van der Waals surface area (Å²) >= 11 is 5.87. The number of carboxylic acid groups (broad SMARTS) is 1. The Kier molecular flexibility index (Phi) is 4.08. The van der Waals surface area contributed by atoms with Crippen LogP contribution < -0.4 is 0 Å². The van der Waals surface area contributed by atoms with Gasteiger partial charge < -0.3 is 14.9 Å². The molecule has 0 aliphatic rings. The number of aliphatic hydroxyl groups is 1. The fourth-order valence-corrected chi connectivity index (χ4v) is 1.39. The van der Waals surface area contributed by atoms with E-state index in [2.05, 4.69) is 0 Å². The molecule has 0 aromatic heterocycles. The molecule has 1 atom stereocenters. The van der Waals surface area contributed by atoms with Crippen molar-refractivity contribution in [3.63, 3.8) is 0 Å². The van der Waals surface area contributed by atoms with E-state index in [9.17, 15) is 9.90 Å². The molecule has 0 saturated carbocycles. The highest BCUT2D eigenvalue weighted by molar-refractivity contribution is 6.31. The third-order valence-corrected chi connectivity index (χ3v) is 2.28. The molecule has 0 radical (unpaired) electrons. The summed E-state index contributed by atoms with van der Waals surface area (Å²) in [5.74, 6) is -1.30. The van der Waals surface area contributed by atoms with Crippen LogP contribution >= 0.6 is 11.6 Å². The minimum Gasteiger partial charge on any atom is -0.479 e. The molecule has 2 N–H and O–H groups in total. The van der Waals surface area contributed by atoms with E-state index < -0.39 is 12.1 Å². The average Bonchev–Trinajstić information content (AvgIpc) is 2.20. The van der Waals surface area contributed by atoms with Crippen molar-refractivity contribution in [3.8, 4) is 0 Å². The first-order valence-electron chi connectivity index (χ1n) is 4.24. The number of carboxylic acids is 1. The molecule has 0 aliphatic carbocycles. The van der Waals surface area contributed by atoms with Gasteiger partial charge in [0.15, 0.2) is 6.10 Å². The number of carbonyl (C=O) groups is 1. The molecule has 0 aliphatic heterocycles. The van der Waals surface area contributed by atoms with Gasteiger partial charge in [0.1, 0.15) is 0 Å². The number of benzene rings is 1. The summed E-state index contributed by atoms with van der Waals surface area (Å²) in [6.45, 7) is 0.349. The van der Waals surface area contributed by atoms with Gasteiger partial charge >= 0.3 is 5.97 Å². The van der Waals surface area contributed by atoms with Gasteiger partial charge in [0.25, 0.3) is 0 Å². The fourth-order valence-electron chi connectivity index (χ4n) is 1.15. The van der Waals surface area contributed by atoms with Gasteiger partial charge in [-0.15, -0.1) is 0 Å². The van der Waals surface area contributed by atoms with Gasteiger partial charge in [-0.05, 0) is 17.2 Å². The number of aliphatic hydroxyl groups excluding tert-OH is 1. The van der Waals surface area contributed by atoms with E-state index in [4.69, 9.17) is 21.4 Å². The lowest BCUT2D eigenvalue weighted by atomic mass is 10.1. The van der Waals surface area contributed by atoms with Gasteiger partial charge in [0.05, 0.1) is 6.61 Å². The van der Waals surface area contributed by atoms with Crippen molar-refractivity contribution in [1.29, 1.82) is 0 Å². The van der Waals surface area contributed by atoms with Crippen LogP contribution in [0.3, 0.4) is 0 Å². The molecule has 1 unspecified atom stereocenters. The monoisotopic (exact) mass is 230 g/mol. The highest BCUT2D eigenvalue weighted by Crippen LogP contribution is 2.22. The van der Waals surface area contributed by atoms with E-state index in [0.717, 1.165) is 5.56 Å². The molecule has 0 spiro atoms. The highest BCUT2D eigenvalue weighted by Gasteiger charge is 2.16. The Hall–Kier alpha value is -1.10. The lowest BCUT2D eigenvalue weighted by Gasteiger charge is -2.08. The van der Waals surface area contributed by atoms with E-state index in [0.29, 0.717) is 11.6 Å². The first kappa shape index (κ1) is 12.0. The molecule has 0 saturated heterocycles. The van der Waals surface area contributed by atoms with Crippen molar-refractivity contribution in [3.05, 3.63) is 34.3 Å². The molecule has 0 bridgehead atoms. The van der Waals surface area contributed by atoms with Gasteiger partial charge in [0, 0.05) is 12.1 Å². The van der Waals surface area contributed by atoms with Gasteiger partial charge in [-0.2, -0.15) is 0 Å². The van der Waals surface area contributed by atoms with Crippen molar-refractivity contribution in [2.45, 2.75) is 12.7 Å². The zero-order valence-electron chi connectivity index (χ0n) is 8.11. The Labute approximate surface area is 92.1 Å². The van der Waals surface area contributed by atoms with E-state index in [-0.39, 0.29) is 5.56 Å². The van der Waals surface area contributed by atoms with Crippen molar-refractivity contribution in [2.24, 2.45) is 0 Å². The molecular weight excluding hydrogens is 220 g/mol. The minimum atomic E-state index is -1.54. The lowest BCUT2D eigenvalue weighted by molar-refractivity contribution is -0.146. The van der Waals surface area contributed by atoms with Crippen molar-refractivity contribution >= 4 is 17.6 Å². The molecule has 82 valence electrons. The number of rotatable bonds is 4. The van der Waals surface area contributed by atoms with Gasteiger partial charge in [-0.1, -0.05) is 23.7 Å². The fraction of sp³-hybridized carbons (Fsp3) is 0.300. The second-order valence-corrected chi connectivity index (χ2v) is 3.43. The van der Waals surface area contributed by atoms with E-state index >= 15 is 0 Å². The van der Waals surface area contributed by atoms with Crippen LogP contribution in [0.5, 0.6) is 0 Å². The summed E-state index contributed by atoms with van der Waals surface area (Å²) in [5.41, 5.74) is 1.01. The second kappa shape index (κ2) is 5.11. The van der Waals surface area contributed by atoms with Crippen LogP contribution in [0, 0.1) is 0 Å². The molecular formula is C10H11ClO4. The molecule has 1 rings (SSSR count). The first-order valence-corrected chi connectivity index (χ1v) is 4.62. The largest absolute Gasteiger partial charge is 0.479 e. The molecule has 1 aromatic rings. The van der Waals surface area contributed by atoms with Gasteiger partial charge in [-0.25, -0.2) is 4.79 Å². The van der Waals surface area contributed by atoms with Crippen LogP contribution in [-0.2, 0) is 16.1 Å². The van der Waals surface area contributed by atoms with E-state index in [1.54, 1.807) is 6.07 Å². The second-order valence-electron chi connectivity index (χ2n) is 3.02. The predicted molar refractivity (Wildman–Crippen MR) is 54.8 cm³/mol. The normalized spacial score (nSPS) is 12.5. The Morgan fingerprint density at radius 3 is 2.73 bits per heavy atom. The molecule has 5 heteroatoms. The Bertz CT molecular complexity index is 364. The van der Waals surface area contributed by atoms with Crippen LogP contribution in [0.25, 0.3) is 0 Å². The van der Waals surface area contributed by atoms with Crippen molar-refractivity contribution in [1.82, 2.24) is 0 Å². The topological polar surface area (TPSA) is 66.8 Å².